The molecular formula is C27H27F2N3O2. The fourth-order valence-corrected chi connectivity index (χ4v) is 4.77. The number of carbonyl (C=O) groups excluding carboxylic acids is 1. The first-order valence-electron chi connectivity index (χ1n) is 11.5. The van der Waals surface area contributed by atoms with Crippen molar-refractivity contribution < 1.29 is 18.3 Å². The summed E-state index contributed by atoms with van der Waals surface area (Å²) < 4.78 is 32.9. The Morgan fingerprint density at radius 1 is 1.18 bits per heavy atom. The number of ether oxygens (including phenoxy) is 1. The summed E-state index contributed by atoms with van der Waals surface area (Å²) in [6.07, 6.45) is 3.38. The quantitative estimate of drug-likeness (QED) is 0.550. The molecule has 2 aliphatic heterocycles. The number of morpholine rings is 1. The Labute approximate surface area is 197 Å². The van der Waals surface area contributed by atoms with Gasteiger partial charge >= 0.3 is 0 Å². The molecule has 5 nitrogen and oxygen atoms in total. The van der Waals surface area contributed by atoms with Gasteiger partial charge < -0.3 is 15.0 Å². The molecule has 1 saturated heterocycles. The summed E-state index contributed by atoms with van der Waals surface area (Å²) in [6.45, 7) is 5.20. The third-order valence-electron chi connectivity index (χ3n) is 6.65. The second-order valence-corrected chi connectivity index (χ2v) is 9.11. The molecule has 0 saturated carbocycles. The highest BCUT2D eigenvalue weighted by atomic mass is 19.3. The maximum absolute atomic E-state index is 13.6. The monoisotopic (exact) mass is 463 g/mol. The van der Waals surface area contributed by atoms with E-state index in [1.165, 1.54) is 23.5 Å². The lowest BCUT2D eigenvalue weighted by atomic mass is 9.91. The normalized spacial score (nSPS) is 17.6. The van der Waals surface area contributed by atoms with E-state index >= 15 is 0 Å². The van der Waals surface area contributed by atoms with E-state index < -0.39 is 17.5 Å². The van der Waals surface area contributed by atoms with Crippen LogP contribution in [0.5, 0.6) is 0 Å². The molecule has 1 aromatic heterocycles. The molecule has 0 aliphatic carbocycles. The second kappa shape index (κ2) is 8.80. The summed E-state index contributed by atoms with van der Waals surface area (Å²) in [5.74, 6) is -3.57. The number of hydrogen-bond acceptors (Lipinski definition) is 4. The molecule has 2 aliphatic rings. The van der Waals surface area contributed by atoms with Gasteiger partial charge in [0.2, 0.25) is 0 Å². The van der Waals surface area contributed by atoms with Gasteiger partial charge in [0.15, 0.2) is 0 Å². The zero-order chi connectivity index (χ0) is 23.9. The van der Waals surface area contributed by atoms with Gasteiger partial charge in [0.05, 0.1) is 19.3 Å². The smallest absolute Gasteiger partial charge is 0.286 e. The van der Waals surface area contributed by atoms with E-state index in [0.29, 0.717) is 11.7 Å². The minimum Gasteiger partial charge on any atom is -0.377 e. The number of nitrogens with one attached hydrogen (secondary N) is 1. The summed E-state index contributed by atoms with van der Waals surface area (Å²) in [4.78, 5) is 18.9. The van der Waals surface area contributed by atoms with E-state index in [0.717, 1.165) is 62.3 Å². The maximum atomic E-state index is 13.6. The van der Waals surface area contributed by atoms with Crippen molar-refractivity contribution >= 4 is 17.3 Å². The number of fused-ring (bicyclic) bond motifs is 3. The van der Waals surface area contributed by atoms with Crippen LogP contribution in [0.3, 0.4) is 0 Å². The van der Waals surface area contributed by atoms with Crippen LogP contribution in [0.1, 0.15) is 40.5 Å². The lowest BCUT2D eigenvalue weighted by Gasteiger charge is -2.42. The van der Waals surface area contributed by atoms with Crippen LogP contribution in [0.25, 0.3) is 11.1 Å². The van der Waals surface area contributed by atoms with E-state index in [-0.39, 0.29) is 5.56 Å². The van der Waals surface area contributed by atoms with E-state index in [1.807, 2.05) is 25.1 Å². The number of aryl methyl sites for hydroxylation is 2. The van der Waals surface area contributed by atoms with Crippen LogP contribution in [0.15, 0.2) is 54.7 Å². The van der Waals surface area contributed by atoms with Gasteiger partial charge in [0.1, 0.15) is 5.69 Å². The van der Waals surface area contributed by atoms with E-state index in [4.69, 9.17) is 4.74 Å². The predicted molar refractivity (Wildman–Crippen MR) is 129 cm³/mol. The summed E-state index contributed by atoms with van der Waals surface area (Å²) in [5, 5.41) is 2.84. The van der Waals surface area contributed by atoms with Crippen LogP contribution in [0, 0.1) is 6.92 Å². The second-order valence-electron chi connectivity index (χ2n) is 9.11. The van der Waals surface area contributed by atoms with E-state index in [2.05, 4.69) is 33.4 Å². The molecule has 1 fully saturated rings. The molecule has 0 bridgehead atoms. The third-order valence-corrected chi connectivity index (χ3v) is 6.65. The fourth-order valence-electron chi connectivity index (χ4n) is 4.77. The van der Waals surface area contributed by atoms with Crippen molar-refractivity contribution in [1.29, 1.82) is 0 Å². The zero-order valence-electron chi connectivity index (χ0n) is 19.3. The van der Waals surface area contributed by atoms with Gasteiger partial charge in [-0.1, -0.05) is 18.2 Å². The largest absolute Gasteiger partial charge is 0.377 e. The van der Waals surface area contributed by atoms with Gasteiger partial charge in [-0.25, -0.2) is 0 Å². The third kappa shape index (κ3) is 4.40. The number of carbonyl (C=O) groups is 1. The molecule has 1 N–H and O–H groups in total. The number of anilines is 2. The highest BCUT2D eigenvalue weighted by Gasteiger charge is 2.29. The van der Waals surface area contributed by atoms with Crippen LogP contribution in [0.4, 0.5) is 20.2 Å². The van der Waals surface area contributed by atoms with Crippen molar-refractivity contribution in [3.05, 3.63) is 77.1 Å². The van der Waals surface area contributed by atoms with Crippen molar-refractivity contribution in [2.75, 3.05) is 30.0 Å². The first-order chi connectivity index (χ1) is 16.3. The number of halogens is 2. The topological polar surface area (TPSA) is 54.5 Å². The van der Waals surface area contributed by atoms with Crippen molar-refractivity contribution in [1.82, 2.24) is 4.98 Å². The van der Waals surface area contributed by atoms with Crippen molar-refractivity contribution in [3.8, 4) is 11.1 Å². The minimum atomic E-state index is -3.11. The standard InChI is InChI=1S/C27H27F2N3O2/c1-17-3-7-21(31-26(33)20-9-10-30-25(14-20)27(2,28)29)15-23(17)19-5-4-18-6-8-22-16-34-12-11-32(22)24(18)13-19/h3-5,7,9-10,13-15,22H,6,8,11-12,16H2,1-2H3,(H,31,33). The van der Waals surface area contributed by atoms with Gasteiger partial charge in [-0.3, -0.25) is 9.78 Å². The van der Waals surface area contributed by atoms with Crippen LogP contribution < -0.4 is 10.2 Å². The van der Waals surface area contributed by atoms with Crippen LogP contribution >= 0.6 is 0 Å². The highest BCUT2D eigenvalue weighted by molar-refractivity contribution is 6.04. The average molecular weight is 464 g/mol. The summed E-state index contributed by atoms with van der Waals surface area (Å²) >= 11 is 0. The van der Waals surface area contributed by atoms with Crippen LogP contribution in [-0.2, 0) is 17.1 Å². The Morgan fingerprint density at radius 3 is 2.85 bits per heavy atom. The lowest BCUT2D eigenvalue weighted by Crippen LogP contribution is -2.48. The molecule has 3 aromatic rings. The lowest BCUT2D eigenvalue weighted by molar-refractivity contribution is 0.0127. The molecule has 34 heavy (non-hydrogen) atoms. The van der Waals surface area contributed by atoms with E-state index in [9.17, 15) is 13.6 Å². The van der Waals surface area contributed by atoms with Crippen molar-refractivity contribution in [3.63, 3.8) is 0 Å². The Balaban J connectivity index is 1.42. The highest BCUT2D eigenvalue weighted by Crippen LogP contribution is 2.37. The molecule has 5 rings (SSSR count). The van der Waals surface area contributed by atoms with Crippen molar-refractivity contribution in [2.24, 2.45) is 0 Å². The number of alkyl halides is 2. The molecule has 0 radical (unpaired) electrons. The molecule has 1 unspecified atom stereocenters. The number of rotatable bonds is 4. The molecule has 2 aromatic carbocycles. The van der Waals surface area contributed by atoms with Gasteiger partial charge in [-0.05, 0) is 72.4 Å². The molecule has 176 valence electrons. The van der Waals surface area contributed by atoms with Crippen LogP contribution in [0.2, 0.25) is 0 Å². The zero-order valence-corrected chi connectivity index (χ0v) is 19.3. The number of nitrogens with zero attached hydrogens (tertiary/aromatic N) is 2. The Hall–Kier alpha value is -3.32. The average Bonchev–Trinajstić information content (AvgIpc) is 2.84. The van der Waals surface area contributed by atoms with E-state index in [1.54, 1.807) is 0 Å². The van der Waals surface area contributed by atoms with Crippen molar-refractivity contribution in [2.45, 2.75) is 38.7 Å². The van der Waals surface area contributed by atoms with Gasteiger partial charge in [-0.15, -0.1) is 0 Å². The molecule has 1 atom stereocenters. The number of pyridine rings is 1. The summed E-state index contributed by atoms with van der Waals surface area (Å²) in [6, 6.07) is 15.3. The molecular weight excluding hydrogens is 436 g/mol. The Bertz CT molecular complexity index is 1240. The Kier molecular flexibility index (Phi) is 5.81. The number of benzene rings is 2. The fraction of sp³-hybridized carbons (Fsp3) is 0.333. The maximum Gasteiger partial charge on any atom is 0.286 e. The minimum absolute atomic E-state index is 0.140. The number of amides is 1. The molecule has 7 heteroatoms. The SMILES string of the molecule is Cc1ccc(NC(=O)c2ccnc(C(C)(F)F)c2)cc1-c1ccc2c(c1)N1CCOCC1CC2. The predicted octanol–water partition coefficient (Wildman–Crippen LogP) is 5.57. The van der Waals surface area contributed by atoms with Gasteiger partial charge in [0, 0.05) is 36.6 Å². The molecule has 0 spiro atoms. The number of aromatic nitrogens is 1. The van der Waals surface area contributed by atoms with Gasteiger partial charge in [0.25, 0.3) is 11.8 Å². The molecule has 3 heterocycles. The first kappa shape index (κ1) is 22.5. The molecule has 1 amide bonds. The Morgan fingerprint density at radius 2 is 2.03 bits per heavy atom. The van der Waals surface area contributed by atoms with Crippen LogP contribution in [-0.4, -0.2) is 36.7 Å². The summed E-state index contributed by atoms with van der Waals surface area (Å²) in [7, 11) is 0. The number of hydrogen-bond donors (Lipinski definition) is 1. The van der Waals surface area contributed by atoms with Gasteiger partial charge in [-0.2, -0.15) is 8.78 Å². The first-order valence-corrected chi connectivity index (χ1v) is 11.5. The summed E-state index contributed by atoms with van der Waals surface area (Å²) in [5.41, 5.74) is 6.11.